The van der Waals surface area contributed by atoms with E-state index in [1.807, 2.05) is 38.1 Å². The van der Waals surface area contributed by atoms with Crippen LogP contribution in [-0.2, 0) is 12.2 Å². The summed E-state index contributed by atoms with van der Waals surface area (Å²) >= 11 is 2.79. The van der Waals surface area contributed by atoms with Crippen LogP contribution >= 0.6 is 23.1 Å². The Labute approximate surface area is 157 Å². The van der Waals surface area contributed by atoms with Crippen molar-refractivity contribution in [2.45, 2.75) is 31.2 Å². The number of aromatic nitrogens is 5. The molecule has 0 amide bonds. The van der Waals surface area contributed by atoms with Crippen LogP contribution in [0.25, 0.3) is 16.4 Å². The lowest BCUT2D eigenvalue weighted by atomic mass is 10.1. The maximum Gasteiger partial charge on any atom is 0.277 e. The lowest BCUT2D eigenvalue weighted by Crippen LogP contribution is -2.15. The Morgan fingerprint density at radius 3 is 2.92 bits per heavy atom. The summed E-state index contributed by atoms with van der Waals surface area (Å²) in [6.07, 6.45) is 0.779. The van der Waals surface area contributed by atoms with Gasteiger partial charge in [0.2, 0.25) is 10.9 Å². The van der Waals surface area contributed by atoms with Crippen LogP contribution in [0.2, 0.25) is 0 Å². The molecule has 7 nitrogen and oxygen atoms in total. The average molecular weight is 385 g/mol. The number of aryl methyl sites for hydroxylation is 2. The molecule has 0 atom stereocenters. The van der Waals surface area contributed by atoms with E-state index >= 15 is 0 Å². The van der Waals surface area contributed by atoms with Crippen molar-refractivity contribution in [1.29, 1.82) is 0 Å². The van der Waals surface area contributed by atoms with E-state index < -0.39 is 0 Å². The van der Waals surface area contributed by atoms with Crippen LogP contribution in [0.15, 0.2) is 44.8 Å². The van der Waals surface area contributed by atoms with Crippen molar-refractivity contribution < 1.29 is 4.42 Å². The summed E-state index contributed by atoms with van der Waals surface area (Å²) in [5, 5.41) is 13.8. The van der Waals surface area contributed by atoms with Crippen LogP contribution in [0.5, 0.6) is 0 Å². The minimum atomic E-state index is -0.173. The number of thioether (sulfide) groups is 1. The van der Waals surface area contributed by atoms with Gasteiger partial charge in [0.1, 0.15) is 5.01 Å². The SMILES string of the molecule is CCc1nn2c(=O)cc(CSc3nnc(-c4ccccc4C)o3)nc2s1. The molecule has 4 rings (SSSR count). The third-order valence-electron chi connectivity index (χ3n) is 3.77. The summed E-state index contributed by atoms with van der Waals surface area (Å²) in [6.45, 7) is 4.00. The Balaban J connectivity index is 1.54. The maximum atomic E-state index is 12.2. The molecular weight excluding hydrogens is 370 g/mol. The average Bonchev–Trinajstić information content (AvgIpc) is 3.27. The number of hydrogen-bond acceptors (Lipinski definition) is 8. The molecule has 3 aromatic heterocycles. The first kappa shape index (κ1) is 16.9. The van der Waals surface area contributed by atoms with Crippen molar-refractivity contribution in [1.82, 2.24) is 24.8 Å². The van der Waals surface area contributed by atoms with Crippen LogP contribution in [0.1, 0.15) is 23.2 Å². The second-order valence-corrected chi connectivity index (χ2v) is 7.57. The summed E-state index contributed by atoms with van der Waals surface area (Å²) in [4.78, 5) is 17.3. The van der Waals surface area contributed by atoms with Gasteiger partial charge in [0, 0.05) is 17.4 Å². The highest BCUT2D eigenvalue weighted by molar-refractivity contribution is 7.98. The fraction of sp³-hybridized carbons (Fsp3) is 0.235. The van der Waals surface area contributed by atoms with Gasteiger partial charge in [0.15, 0.2) is 0 Å². The first-order chi connectivity index (χ1) is 12.6. The Hall–Kier alpha value is -2.52. The zero-order valence-electron chi connectivity index (χ0n) is 14.2. The molecule has 4 aromatic rings. The molecule has 0 aliphatic carbocycles. The van der Waals surface area contributed by atoms with Gasteiger partial charge in [-0.25, -0.2) is 4.98 Å². The first-order valence-corrected chi connectivity index (χ1v) is 9.85. The van der Waals surface area contributed by atoms with E-state index in [0.717, 1.165) is 22.6 Å². The van der Waals surface area contributed by atoms with Crippen molar-refractivity contribution in [2.75, 3.05) is 0 Å². The minimum absolute atomic E-state index is 0.173. The molecule has 0 saturated heterocycles. The van der Waals surface area contributed by atoms with E-state index in [2.05, 4.69) is 20.3 Å². The van der Waals surface area contributed by atoms with Crippen LogP contribution in [0.3, 0.4) is 0 Å². The summed E-state index contributed by atoms with van der Waals surface area (Å²) in [5.74, 6) is 0.963. The molecule has 0 bridgehead atoms. The second kappa shape index (κ2) is 7.00. The van der Waals surface area contributed by atoms with Gasteiger partial charge in [-0.2, -0.15) is 9.61 Å². The summed E-state index contributed by atoms with van der Waals surface area (Å²) in [7, 11) is 0. The molecule has 3 heterocycles. The topological polar surface area (TPSA) is 86.2 Å². The summed E-state index contributed by atoms with van der Waals surface area (Å²) in [5.41, 5.74) is 2.49. The summed E-state index contributed by atoms with van der Waals surface area (Å²) < 4.78 is 7.08. The van der Waals surface area contributed by atoms with Gasteiger partial charge >= 0.3 is 0 Å². The molecule has 1 aromatic carbocycles. The quantitative estimate of drug-likeness (QED) is 0.487. The fourth-order valence-corrected chi connectivity index (χ4v) is 3.95. The zero-order valence-corrected chi connectivity index (χ0v) is 15.8. The largest absolute Gasteiger partial charge is 0.411 e. The highest BCUT2D eigenvalue weighted by Crippen LogP contribution is 2.27. The normalized spacial score (nSPS) is 11.3. The van der Waals surface area contributed by atoms with Crippen molar-refractivity contribution in [3.05, 3.63) is 57.0 Å². The zero-order chi connectivity index (χ0) is 18.1. The monoisotopic (exact) mass is 385 g/mol. The number of nitrogens with zero attached hydrogens (tertiary/aromatic N) is 5. The van der Waals surface area contributed by atoms with Crippen LogP contribution in [0, 0.1) is 6.92 Å². The lowest BCUT2D eigenvalue weighted by molar-refractivity contribution is 0.465. The van der Waals surface area contributed by atoms with Gasteiger partial charge in [-0.15, -0.1) is 10.2 Å². The molecule has 26 heavy (non-hydrogen) atoms. The third-order valence-corrected chi connectivity index (χ3v) is 5.67. The first-order valence-electron chi connectivity index (χ1n) is 8.05. The van der Waals surface area contributed by atoms with Gasteiger partial charge in [0.25, 0.3) is 10.8 Å². The molecular formula is C17H15N5O2S2. The van der Waals surface area contributed by atoms with E-state index in [-0.39, 0.29) is 5.56 Å². The van der Waals surface area contributed by atoms with Gasteiger partial charge in [-0.1, -0.05) is 48.2 Å². The van der Waals surface area contributed by atoms with Crippen molar-refractivity contribution >= 4 is 28.1 Å². The van der Waals surface area contributed by atoms with E-state index in [1.165, 1.54) is 33.7 Å². The Kier molecular flexibility index (Phi) is 4.56. The van der Waals surface area contributed by atoms with Crippen LogP contribution < -0.4 is 5.56 Å². The molecule has 0 aliphatic rings. The van der Waals surface area contributed by atoms with E-state index in [9.17, 15) is 4.79 Å². The Morgan fingerprint density at radius 1 is 1.27 bits per heavy atom. The highest BCUT2D eigenvalue weighted by atomic mass is 32.2. The van der Waals surface area contributed by atoms with Crippen molar-refractivity contribution in [3.63, 3.8) is 0 Å². The minimum Gasteiger partial charge on any atom is -0.411 e. The van der Waals surface area contributed by atoms with Gasteiger partial charge < -0.3 is 4.42 Å². The summed E-state index contributed by atoms with van der Waals surface area (Å²) in [6, 6.07) is 9.35. The van der Waals surface area contributed by atoms with Gasteiger partial charge in [-0.05, 0) is 25.0 Å². The molecule has 0 aliphatic heterocycles. The molecule has 0 saturated carbocycles. The van der Waals surface area contributed by atoms with E-state index in [1.54, 1.807) is 0 Å². The standard InChI is InChI=1S/C17H15N5O2S2/c1-3-13-21-22-14(23)8-11(18-16(22)26-13)9-25-17-20-19-15(24-17)12-7-5-4-6-10(12)2/h4-8H,3,9H2,1-2H3. The molecule has 132 valence electrons. The third kappa shape index (κ3) is 3.27. The van der Waals surface area contributed by atoms with Crippen LogP contribution in [-0.4, -0.2) is 24.8 Å². The molecule has 0 unspecified atom stereocenters. The Morgan fingerprint density at radius 2 is 2.12 bits per heavy atom. The molecule has 0 spiro atoms. The second-order valence-electron chi connectivity index (χ2n) is 5.61. The number of fused-ring (bicyclic) bond motifs is 1. The maximum absolute atomic E-state index is 12.2. The van der Waals surface area contributed by atoms with Crippen LogP contribution in [0.4, 0.5) is 0 Å². The highest BCUT2D eigenvalue weighted by Gasteiger charge is 2.13. The molecule has 9 heteroatoms. The number of rotatable bonds is 5. The molecule has 0 radical (unpaired) electrons. The predicted octanol–water partition coefficient (Wildman–Crippen LogP) is 3.36. The fourth-order valence-electron chi connectivity index (χ4n) is 2.44. The molecule has 0 N–H and O–H groups in total. The number of hydrogen-bond donors (Lipinski definition) is 0. The van der Waals surface area contributed by atoms with Gasteiger partial charge in [-0.3, -0.25) is 4.79 Å². The van der Waals surface area contributed by atoms with Gasteiger partial charge in [0.05, 0.1) is 5.69 Å². The smallest absolute Gasteiger partial charge is 0.277 e. The number of benzene rings is 1. The Bertz CT molecular complexity index is 1130. The van der Waals surface area contributed by atoms with Crippen molar-refractivity contribution in [2.24, 2.45) is 0 Å². The lowest BCUT2D eigenvalue weighted by Gasteiger charge is -1.99. The van der Waals surface area contributed by atoms with E-state index in [4.69, 9.17) is 4.42 Å². The molecule has 0 fully saturated rings. The van der Waals surface area contributed by atoms with E-state index in [0.29, 0.717) is 27.5 Å². The van der Waals surface area contributed by atoms with Crippen molar-refractivity contribution in [3.8, 4) is 11.5 Å². The predicted molar refractivity (Wildman–Crippen MR) is 101 cm³/mol.